The van der Waals surface area contributed by atoms with E-state index in [1.165, 1.54) is 6.33 Å². The summed E-state index contributed by atoms with van der Waals surface area (Å²) in [6.45, 7) is 2.01. The number of hydrogen-bond acceptors (Lipinski definition) is 5. The highest BCUT2D eigenvalue weighted by Gasteiger charge is 2.10. The Morgan fingerprint density at radius 3 is 2.58 bits per heavy atom. The lowest BCUT2D eigenvalue weighted by molar-refractivity contribution is 0.414. The molecule has 1 aromatic carbocycles. The van der Waals surface area contributed by atoms with Crippen molar-refractivity contribution in [2.75, 3.05) is 18.2 Å². The maximum Gasteiger partial charge on any atom is 0.157 e. The van der Waals surface area contributed by atoms with Gasteiger partial charge in [0, 0.05) is 0 Å². The van der Waals surface area contributed by atoms with E-state index >= 15 is 0 Å². The van der Waals surface area contributed by atoms with Crippen LogP contribution in [0.25, 0.3) is 0 Å². The van der Waals surface area contributed by atoms with Crippen LogP contribution < -0.4 is 15.8 Å². The van der Waals surface area contributed by atoms with Gasteiger partial charge in [-0.15, -0.1) is 0 Å². The summed E-state index contributed by atoms with van der Waals surface area (Å²) in [6, 6.07) is 7.82. The van der Waals surface area contributed by atoms with Crippen molar-refractivity contribution in [3.8, 4) is 5.75 Å². The highest BCUT2D eigenvalue weighted by Crippen LogP contribution is 2.26. The molecular weight excluding hydrogens is 264 g/mol. The molecule has 0 amide bonds. The second kappa shape index (κ2) is 5.75. The molecule has 100 valence electrons. The van der Waals surface area contributed by atoms with Crippen LogP contribution in [-0.2, 0) is 0 Å². The van der Waals surface area contributed by atoms with Gasteiger partial charge in [0.2, 0.25) is 0 Å². The molecule has 0 radical (unpaired) electrons. The number of hydrogen-bond donors (Lipinski definition) is 2. The molecule has 0 saturated heterocycles. The maximum absolute atomic E-state index is 5.85. The number of methoxy groups -OCH3 is 1. The van der Waals surface area contributed by atoms with Gasteiger partial charge in [0.1, 0.15) is 17.8 Å². The molecule has 0 fully saturated rings. The van der Waals surface area contributed by atoms with Gasteiger partial charge in [0.05, 0.1) is 13.2 Å². The number of benzene rings is 1. The first-order valence-electron chi connectivity index (χ1n) is 5.78. The number of aromatic nitrogens is 2. The van der Waals surface area contributed by atoms with Crippen LogP contribution >= 0.6 is 11.6 Å². The number of nitrogens with one attached hydrogen (secondary N) is 1. The van der Waals surface area contributed by atoms with Crippen molar-refractivity contribution in [2.45, 2.75) is 13.0 Å². The van der Waals surface area contributed by atoms with Crippen LogP contribution in [0.3, 0.4) is 0 Å². The van der Waals surface area contributed by atoms with Crippen LogP contribution in [0.5, 0.6) is 5.75 Å². The molecule has 2 rings (SSSR count). The van der Waals surface area contributed by atoms with Gasteiger partial charge in [0.15, 0.2) is 11.0 Å². The number of nitrogens with two attached hydrogens (primary N) is 1. The SMILES string of the molecule is COc1ccc(C(C)Nc2ncnc(Cl)c2N)cc1. The quantitative estimate of drug-likeness (QED) is 0.841. The van der Waals surface area contributed by atoms with Crippen molar-refractivity contribution in [3.63, 3.8) is 0 Å². The topological polar surface area (TPSA) is 73.1 Å². The lowest BCUT2D eigenvalue weighted by Crippen LogP contribution is -2.10. The number of ether oxygens (including phenoxy) is 1. The first-order valence-corrected chi connectivity index (χ1v) is 6.16. The molecule has 0 aliphatic heterocycles. The third-order valence-electron chi connectivity index (χ3n) is 2.80. The van der Waals surface area contributed by atoms with Crippen molar-refractivity contribution in [1.82, 2.24) is 9.97 Å². The molecule has 3 N–H and O–H groups in total. The van der Waals surface area contributed by atoms with E-state index in [2.05, 4.69) is 15.3 Å². The molecule has 1 heterocycles. The van der Waals surface area contributed by atoms with Crippen molar-refractivity contribution in [2.24, 2.45) is 0 Å². The average molecular weight is 279 g/mol. The van der Waals surface area contributed by atoms with E-state index in [0.717, 1.165) is 11.3 Å². The number of rotatable bonds is 4. The normalized spacial score (nSPS) is 11.9. The van der Waals surface area contributed by atoms with Crippen molar-refractivity contribution in [3.05, 3.63) is 41.3 Å². The zero-order valence-electron chi connectivity index (χ0n) is 10.7. The van der Waals surface area contributed by atoms with Crippen LogP contribution in [0.2, 0.25) is 5.15 Å². The fourth-order valence-corrected chi connectivity index (χ4v) is 1.80. The van der Waals surface area contributed by atoms with E-state index in [1.807, 2.05) is 31.2 Å². The summed E-state index contributed by atoms with van der Waals surface area (Å²) in [7, 11) is 1.64. The molecule has 1 aromatic heterocycles. The first-order chi connectivity index (χ1) is 9.11. The largest absolute Gasteiger partial charge is 0.497 e. The van der Waals surface area contributed by atoms with Gasteiger partial charge >= 0.3 is 0 Å². The Hall–Kier alpha value is -2.01. The van der Waals surface area contributed by atoms with Gasteiger partial charge in [-0.1, -0.05) is 23.7 Å². The minimum atomic E-state index is 0.0409. The number of nitrogen functional groups attached to an aromatic ring is 1. The van der Waals surface area contributed by atoms with Crippen LogP contribution in [0.1, 0.15) is 18.5 Å². The van der Waals surface area contributed by atoms with E-state index in [0.29, 0.717) is 11.5 Å². The Kier molecular flexibility index (Phi) is 4.06. The number of anilines is 2. The number of nitrogens with zero attached hydrogens (tertiary/aromatic N) is 2. The highest BCUT2D eigenvalue weighted by atomic mass is 35.5. The fraction of sp³-hybridized carbons (Fsp3) is 0.231. The van der Waals surface area contributed by atoms with Gasteiger partial charge in [0.25, 0.3) is 0 Å². The predicted molar refractivity (Wildman–Crippen MR) is 76.5 cm³/mol. The van der Waals surface area contributed by atoms with Crippen LogP contribution in [0.4, 0.5) is 11.5 Å². The van der Waals surface area contributed by atoms with Gasteiger partial charge < -0.3 is 15.8 Å². The van der Waals surface area contributed by atoms with Crippen molar-refractivity contribution < 1.29 is 4.74 Å². The van der Waals surface area contributed by atoms with E-state index in [9.17, 15) is 0 Å². The monoisotopic (exact) mass is 278 g/mol. The van der Waals surface area contributed by atoms with E-state index in [4.69, 9.17) is 22.1 Å². The average Bonchev–Trinajstić information content (AvgIpc) is 2.44. The third kappa shape index (κ3) is 3.06. The third-order valence-corrected chi connectivity index (χ3v) is 3.11. The van der Waals surface area contributed by atoms with Gasteiger partial charge in [-0.3, -0.25) is 0 Å². The van der Waals surface area contributed by atoms with E-state index < -0.39 is 0 Å². The summed E-state index contributed by atoms with van der Waals surface area (Å²) in [5.41, 5.74) is 7.26. The Morgan fingerprint density at radius 2 is 1.95 bits per heavy atom. The van der Waals surface area contributed by atoms with E-state index in [1.54, 1.807) is 7.11 Å². The smallest absolute Gasteiger partial charge is 0.157 e. The molecule has 0 spiro atoms. The standard InChI is InChI=1S/C13H15ClN4O/c1-8(9-3-5-10(19-2)6-4-9)18-13-11(15)12(14)16-7-17-13/h3-8H,15H2,1-2H3,(H,16,17,18). The molecular formula is C13H15ClN4O. The molecule has 5 nitrogen and oxygen atoms in total. The van der Waals surface area contributed by atoms with Gasteiger partial charge in [-0.2, -0.15) is 0 Å². The molecule has 2 aromatic rings. The highest BCUT2D eigenvalue weighted by molar-refractivity contribution is 6.32. The number of halogens is 1. The second-order valence-corrected chi connectivity index (χ2v) is 4.42. The first kappa shape index (κ1) is 13.4. The van der Waals surface area contributed by atoms with Crippen LogP contribution in [0, 0.1) is 0 Å². The molecule has 0 bridgehead atoms. The summed E-state index contributed by atoms with van der Waals surface area (Å²) in [5, 5.41) is 3.45. The Balaban J connectivity index is 2.15. The summed E-state index contributed by atoms with van der Waals surface area (Å²) >= 11 is 5.85. The molecule has 0 aliphatic rings. The Bertz CT molecular complexity index is 559. The van der Waals surface area contributed by atoms with Crippen molar-refractivity contribution in [1.29, 1.82) is 0 Å². The zero-order valence-corrected chi connectivity index (χ0v) is 11.5. The van der Waals surface area contributed by atoms with Crippen LogP contribution in [0.15, 0.2) is 30.6 Å². The molecule has 6 heteroatoms. The minimum absolute atomic E-state index is 0.0409. The summed E-state index contributed by atoms with van der Waals surface area (Å²) in [5.74, 6) is 1.35. The second-order valence-electron chi connectivity index (χ2n) is 4.07. The van der Waals surface area contributed by atoms with Crippen molar-refractivity contribution >= 4 is 23.1 Å². The molecule has 0 saturated carbocycles. The van der Waals surface area contributed by atoms with Gasteiger partial charge in [-0.05, 0) is 24.6 Å². The minimum Gasteiger partial charge on any atom is -0.497 e. The maximum atomic E-state index is 5.85. The molecule has 1 atom stereocenters. The summed E-state index contributed by atoms with van der Waals surface area (Å²) < 4.78 is 5.12. The van der Waals surface area contributed by atoms with E-state index in [-0.39, 0.29) is 11.2 Å². The lowest BCUT2D eigenvalue weighted by Gasteiger charge is -2.16. The molecule has 0 aliphatic carbocycles. The van der Waals surface area contributed by atoms with Crippen LogP contribution in [-0.4, -0.2) is 17.1 Å². The van der Waals surface area contributed by atoms with Gasteiger partial charge in [-0.25, -0.2) is 9.97 Å². The summed E-state index contributed by atoms with van der Waals surface area (Å²) in [6.07, 6.45) is 1.38. The summed E-state index contributed by atoms with van der Waals surface area (Å²) in [4.78, 5) is 7.90. The predicted octanol–water partition coefficient (Wildman–Crippen LogP) is 2.89. The Morgan fingerprint density at radius 1 is 1.26 bits per heavy atom. The lowest BCUT2D eigenvalue weighted by atomic mass is 10.1. The molecule has 19 heavy (non-hydrogen) atoms. The Labute approximate surface area is 116 Å². The fourth-order valence-electron chi connectivity index (χ4n) is 1.67. The molecule has 1 unspecified atom stereocenters. The zero-order chi connectivity index (χ0) is 13.8.